The van der Waals surface area contributed by atoms with Crippen LogP contribution in [0.3, 0.4) is 0 Å². The molecule has 0 spiro atoms. The maximum Gasteiger partial charge on any atom is 0.191 e. The molecule has 1 aromatic heterocycles. The smallest absolute Gasteiger partial charge is 0.191 e. The molecule has 0 bridgehead atoms. The Morgan fingerprint density at radius 3 is 2.73 bits per heavy atom. The highest BCUT2D eigenvalue weighted by molar-refractivity contribution is 14.0. The van der Waals surface area contributed by atoms with Crippen LogP contribution in [0, 0.1) is 12.8 Å². The number of rotatable bonds is 7. The molecule has 6 heteroatoms. The summed E-state index contributed by atoms with van der Waals surface area (Å²) in [7, 11) is 1.83. The minimum Gasteiger partial charge on any atom is -0.356 e. The van der Waals surface area contributed by atoms with Crippen molar-refractivity contribution in [1.29, 1.82) is 0 Å². The predicted molar refractivity (Wildman–Crippen MR) is 106 cm³/mol. The van der Waals surface area contributed by atoms with Gasteiger partial charge in [0.1, 0.15) is 0 Å². The van der Waals surface area contributed by atoms with Gasteiger partial charge in [-0.2, -0.15) is 0 Å². The topological polar surface area (TPSA) is 49.3 Å². The molecule has 0 aromatic carbocycles. The summed E-state index contributed by atoms with van der Waals surface area (Å²) in [6.07, 6.45) is 11.7. The molecule has 1 heterocycles. The molecule has 1 aromatic rings. The van der Waals surface area contributed by atoms with Crippen LogP contribution in [0.15, 0.2) is 11.2 Å². The molecule has 0 atom stereocenters. The van der Waals surface area contributed by atoms with Gasteiger partial charge < -0.3 is 10.6 Å². The van der Waals surface area contributed by atoms with Crippen LogP contribution < -0.4 is 10.6 Å². The Morgan fingerprint density at radius 2 is 2.09 bits per heavy atom. The number of aliphatic imine (C=N–C) groups is 1. The standard InChI is InChI=1S/C16H28N4S.HI/c1-13-19-11-15(21-13)12-20-16(17-2)18-10-6-5-9-14-7-3-4-8-14;/h11,14H,3-10,12H2,1-2H3,(H2,17,18,20);1H. The van der Waals surface area contributed by atoms with Crippen molar-refractivity contribution in [1.82, 2.24) is 15.6 Å². The lowest BCUT2D eigenvalue weighted by atomic mass is 10.0. The number of hydrogen-bond acceptors (Lipinski definition) is 3. The molecular formula is C16H29IN4S. The lowest BCUT2D eigenvalue weighted by Crippen LogP contribution is -2.37. The molecule has 0 saturated heterocycles. The van der Waals surface area contributed by atoms with E-state index in [4.69, 9.17) is 0 Å². The third kappa shape index (κ3) is 7.26. The first-order valence-electron chi connectivity index (χ1n) is 8.13. The van der Waals surface area contributed by atoms with Crippen molar-refractivity contribution in [2.45, 2.75) is 58.4 Å². The van der Waals surface area contributed by atoms with E-state index >= 15 is 0 Å². The van der Waals surface area contributed by atoms with E-state index in [1.54, 1.807) is 11.3 Å². The van der Waals surface area contributed by atoms with Crippen LogP contribution in [0.1, 0.15) is 54.8 Å². The van der Waals surface area contributed by atoms with Crippen molar-refractivity contribution in [3.05, 3.63) is 16.1 Å². The van der Waals surface area contributed by atoms with Gasteiger partial charge in [0.25, 0.3) is 0 Å². The number of unbranched alkanes of at least 4 members (excludes halogenated alkanes) is 1. The van der Waals surface area contributed by atoms with E-state index in [0.29, 0.717) is 0 Å². The van der Waals surface area contributed by atoms with E-state index in [-0.39, 0.29) is 24.0 Å². The monoisotopic (exact) mass is 436 g/mol. The lowest BCUT2D eigenvalue weighted by molar-refractivity contribution is 0.472. The first-order valence-corrected chi connectivity index (χ1v) is 8.95. The first-order chi connectivity index (χ1) is 10.3. The van der Waals surface area contributed by atoms with Crippen molar-refractivity contribution in [2.75, 3.05) is 13.6 Å². The Morgan fingerprint density at radius 1 is 1.32 bits per heavy atom. The molecule has 1 aliphatic rings. The number of aromatic nitrogens is 1. The fraction of sp³-hybridized carbons (Fsp3) is 0.750. The summed E-state index contributed by atoms with van der Waals surface area (Å²) in [5.41, 5.74) is 0. The van der Waals surface area contributed by atoms with Gasteiger partial charge in [-0.05, 0) is 19.3 Å². The van der Waals surface area contributed by atoms with Crippen LogP contribution >= 0.6 is 35.3 Å². The van der Waals surface area contributed by atoms with Crippen molar-refractivity contribution in [3.8, 4) is 0 Å². The SMILES string of the molecule is CN=C(NCCCCC1CCCC1)NCc1cnc(C)s1.I. The maximum atomic E-state index is 4.26. The molecule has 126 valence electrons. The van der Waals surface area contributed by atoms with Crippen LogP contribution in [-0.2, 0) is 6.54 Å². The number of guanidine groups is 1. The van der Waals surface area contributed by atoms with E-state index in [9.17, 15) is 0 Å². The quantitative estimate of drug-likeness (QED) is 0.293. The van der Waals surface area contributed by atoms with Crippen molar-refractivity contribution in [3.63, 3.8) is 0 Å². The first kappa shape index (κ1) is 19.7. The number of nitrogens with zero attached hydrogens (tertiary/aromatic N) is 2. The van der Waals surface area contributed by atoms with Crippen molar-refractivity contribution in [2.24, 2.45) is 10.9 Å². The fourth-order valence-electron chi connectivity index (χ4n) is 2.94. The molecule has 4 nitrogen and oxygen atoms in total. The zero-order chi connectivity index (χ0) is 14.9. The third-order valence-electron chi connectivity index (χ3n) is 4.13. The van der Waals surface area contributed by atoms with Crippen molar-refractivity contribution >= 4 is 41.3 Å². The summed E-state index contributed by atoms with van der Waals surface area (Å²) in [4.78, 5) is 9.77. The highest BCUT2D eigenvalue weighted by Crippen LogP contribution is 2.28. The minimum absolute atomic E-state index is 0. The van der Waals surface area contributed by atoms with E-state index in [1.165, 1.54) is 49.8 Å². The van der Waals surface area contributed by atoms with Crippen LogP contribution in [0.2, 0.25) is 0 Å². The highest BCUT2D eigenvalue weighted by atomic mass is 127. The Balaban J connectivity index is 0.00000242. The lowest BCUT2D eigenvalue weighted by Gasteiger charge is -2.12. The summed E-state index contributed by atoms with van der Waals surface area (Å²) in [6.45, 7) is 3.84. The minimum atomic E-state index is 0. The Bertz CT molecular complexity index is 441. The van der Waals surface area contributed by atoms with Crippen LogP contribution in [0.5, 0.6) is 0 Å². The maximum absolute atomic E-state index is 4.26. The predicted octanol–water partition coefficient (Wildman–Crippen LogP) is 4.10. The molecule has 1 saturated carbocycles. The van der Waals surface area contributed by atoms with Gasteiger partial charge in [-0.3, -0.25) is 4.99 Å². The molecule has 1 fully saturated rings. The zero-order valence-corrected chi connectivity index (χ0v) is 16.9. The second-order valence-electron chi connectivity index (χ2n) is 5.84. The molecule has 0 amide bonds. The van der Waals surface area contributed by atoms with Crippen LogP contribution in [0.25, 0.3) is 0 Å². The van der Waals surface area contributed by atoms with E-state index < -0.39 is 0 Å². The van der Waals surface area contributed by atoms with Gasteiger partial charge in [0, 0.05) is 24.7 Å². The van der Waals surface area contributed by atoms with Crippen LogP contribution in [0.4, 0.5) is 0 Å². The molecule has 22 heavy (non-hydrogen) atoms. The summed E-state index contributed by atoms with van der Waals surface area (Å²) in [6, 6.07) is 0. The average molecular weight is 436 g/mol. The van der Waals surface area contributed by atoms with Crippen LogP contribution in [-0.4, -0.2) is 24.5 Å². The molecule has 0 radical (unpaired) electrons. The number of aryl methyl sites for hydroxylation is 1. The molecule has 0 unspecified atom stereocenters. The molecule has 1 aliphatic carbocycles. The van der Waals surface area contributed by atoms with Gasteiger partial charge in [-0.15, -0.1) is 35.3 Å². The summed E-state index contributed by atoms with van der Waals surface area (Å²) < 4.78 is 0. The Hall–Kier alpha value is -0.370. The van der Waals surface area contributed by atoms with Gasteiger partial charge in [0.15, 0.2) is 5.96 Å². The number of thiazole rings is 1. The van der Waals surface area contributed by atoms with E-state index in [0.717, 1.165) is 30.0 Å². The average Bonchev–Trinajstić information content (AvgIpc) is 3.13. The normalized spacial score (nSPS) is 15.6. The number of halogens is 1. The zero-order valence-electron chi connectivity index (χ0n) is 13.7. The van der Waals surface area contributed by atoms with Gasteiger partial charge >= 0.3 is 0 Å². The molecule has 0 aliphatic heterocycles. The van der Waals surface area contributed by atoms with Gasteiger partial charge in [-0.25, -0.2) is 4.98 Å². The van der Waals surface area contributed by atoms with E-state index in [2.05, 4.69) is 20.6 Å². The molecule has 2 N–H and O–H groups in total. The Kier molecular flexibility index (Phi) is 10.0. The van der Waals surface area contributed by atoms with Gasteiger partial charge in [-0.1, -0.05) is 38.5 Å². The van der Waals surface area contributed by atoms with Crippen molar-refractivity contribution < 1.29 is 0 Å². The van der Waals surface area contributed by atoms with Gasteiger partial charge in [0.05, 0.1) is 11.6 Å². The highest BCUT2D eigenvalue weighted by Gasteiger charge is 2.13. The fourth-order valence-corrected chi connectivity index (χ4v) is 3.68. The number of hydrogen-bond donors (Lipinski definition) is 2. The second-order valence-corrected chi connectivity index (χ2v) is 7.16. The van der Waals surface area contributed by atoms with E-state index in [1.807, 2.05) is 20.2 Å². The summed E-state index contributed by atoms with van der Waals surface area (Å²) in [5.74, 6) is 1.90. The largest absolute Gasteiger partial charge is 0.356 e. The Labute approximate surface area is 155 Å². The number of nitrogens with one attached hydrogen (secondary N) is 2. The molecular weight excluding hydrogens is 407 g/mol. The summed E-state index contributed by atoms with van der Waals surface area (Å²) >= 11 is 1.73. The second kappa shape index (κ2) is 11.2. The summed E-state index contributed by atoms with van der Waals surface area (Å²) in [5, 5.41) is 7.85. The van der Waals surface area contributed by atoms with Gasteiger partial charge in [0.2, 0.25) is 0 Å². The molecule has 2 rings (SSSR count). The third-order valence-corrected chi connectivity index (χ3v) is 5.04.